The van der Waals surface area contributed by atoms with Crippen molar-refractivity contribution in [1.29, 1.82) is 0 Å². The Morgan fingerprint density at radius 3 is 1.91 bits per heavy atom. The Kier molecular flexibility index (Phi) is 8.35. The van der Waals surface area contributed by atoms with Crippen LogP contribution in [0.25, 0.3) is 11.1 Å². The first-order valence-electron chi connectivity index (χ1n) is 11.6. The van der Waals surface area contributed by atoms with Crippen LogP contribution in [0.3, 0.4) is 0 Å². The zero-order valence-corrected chi connectivity index (χ0v) is 21.6. The van der Waals surface area contributed by atoms with E-state index in [0.717, 1.165) is 22.4 Å². The van der Waals surface area contributed by atoms with Gasteiger partial charge in [0.1, 0.15) is 24.0 Å². The third-order valence-electron chi connectivity index (χ3n) is 5.21. The molecule has 35 heavy (non-hydrogen) atoms. The maximum atomic E-state index is 13.0. The molecule has 0 heterocycles. The summed E-state index contributed by atoms with van der Waals surface area (Å²) in [6.45, 7) is 9.27. The summed E-state index contributed by atoms with van der Waals surface area (Å²) in [6.07, 6.45) is 0. The third kappa shape index (κ3) is 7.67. The minimum absolute atomic E-state index is 0.0817. The molecule has 0 bridgehead atoms. The molecule has 0 spiro atoms. The van der Waals surface area contributed by atoms with Crippen molar-refractivity contribution in [1.82, 2.24) is 4.72 Å². The van der Waals surface area contributed by atoms with Gasteiger partial charge in [-0.25, -0.2) is 8.42 Å². The highest BCUT2D eigenvalue weighted by atomic mass is 32.2. The summed E-state index contributed by atoms with van der Waals surface area (Å²) in [5, 5.41) is 0. The summed E-state index contributed by atoms with van der Waals surface area (Å²) in [5.74, 6) is -0.119. The normalized spacial score (nSPS) is 12.9. The topological polar surface area (TPSA) is 81.7 Å². The molecule has 0 fully saturated rings. The summed E-state index contributed by atoms with van der Waals surface area (Å²) in [4.78, 5) is 12.6. The highest BCUT2D eigenvalue weighted by Gasteiger charge is 2.32. The second-order valence-corrected chi connectivity index (χ2v) is 11.4. The Morgan fingerprint density at radius 1 is 0.857 bits per heavy atom. The van der Waals surface area contributed by atoms with E-state index in [1.807, 2.05) is 54.6 Å². The molecule has 0 saturated heterocycles. The van der Waals surface area contributed by atoms with Gasteiger partial charge in [0, 0.05) is 0 Å². The van der Waals surface area contributed by atoms with Crippen molar-refractivity contribution >= 4 is 16.0 Å². The van der Waals surface area contributed by atoms with Crippen LogP contribution in [0.5, 0.6) is 5.75 Å². The van der Waals surface area contributed by atoms with Gasteiger partial charge < -0.3 is 9.47 Å². The van der Waals surface area contributed by atoms with Crippen LogP contribution < -0.4 is 9.46 Å². The number of nitrogens with one attached hydrogen (secondary N) is 1. The molecule has 1 N–H and O–H groups in total. The molecule has 0 radical (unpaired) electrons. The molecule has 7 heteroatoms. The highest BCUT2D eigenvalue weighted by Crippen LogP contribution is 2.25. The van der Waals surface area contributed by atoms with Crippen LogP contribution in [0.2, 0.25) is 0 Å². The van der Waals surface area contributed by atoms with Crippen molar-refractivity contribution in [2.75, 3.05) is 0 Å². The van der Waals surface area contributed by atoms with Gasteiger partial charge in [0.05, 0.1) is 4.90 Å². The van der Waals surface area contributed by atoms with Gasteiger partial charge in [-0.2, -0.15) is 4.72 Å². The molecular formula is C28H33NO5S. The number of esters is 1. The van der Waals surface area contributed by atoms with Crippen LogP contribution in [0.1, 0.15) is 40.2 Å². The van der Waals surface area contributed by atoms with Crippen molar-refractivity contribution in [3.63, 3.8) is 0 Å². The molecule has 0 aliphatic carbocycles. The van der Waals surface area contributed by atoms with E-state index >= 15 is 0 Å². The summed E-state index contributed by atoms with van der Waals surface area (Å²) in [6, 6.07) is 23.1. The first kappa shape index (κ1) is 26.4. The van der Waals surface area contributed by atoms with Gasteiger partial charge in [-0.1, -0.05) is 68.4 Å². The van der Waals surface area contributed by atoms with Gasteiger partial charge in [-0.05, 0) is 67.6 Å². The third-order valence-corrected chi connectivity index (χ3v) is 6.67. The first-order chi connectivity index (χ1) is 16.4. The smallest absolute Gasteiger partial charge is 0.324 e. The van der Waals surface area contributed by atoms with E-state index in [9.17, 15) is 13.2 Å². The van der Waals surface area contributed by atoms with Gasteiger partial charge in [0.25, 0.3) is 0 Å². The second kappa shape index (κ2) is 11.1. The van der Waals surface area contributed by atoms with Crippen molar-refractivity contribution in [2.24, 2.45) is 5.92 Å². The number of carbonyl (C=O) groups excluding carboxylic acids is 1. The fourth-order valence-electron chi connectivity index (χ4n) is 3.37. The molecule has 3 aromatic carbocycles. The van der Waals surface area contributed by atoms with E-state index in [4.69, 9.17) is 9.47 Å². The molecule has 3 rings (SSSR count). The molecule has 1 atom stereocenters. The fraction of sp³-hybridized carbons (Fsp3) is 0.321. The molecule has 186 valence electrons. The van der Waals surface area contributed by atoms with Gasteiger partial charge >= 0.3 is 5.97 Å². The monoisotopic (exact) mass is 495 g/mol. The van der Waals surface area contributed by atoms with Crippen molar-refractivity contribution in [2.45, 2.75) is 57.8 Å². The Balaban J connectivity index is 1.68. The standard InChI is InChI=1S/C28H33NO5S/c1-20(2)26(27(30)34-28(3,4)5)29-35(31,32)25-17-13-23(14-18-25)22-11-15-24(16-12-22)33-19-21-9-7-6-8-10-21/h6-18,20,26,29H,19H2,1-5H3. The molecule has 0 aromatic heterocycles. The van der Waals surface area contributed by atoms with E-state index in [2.05, 4.69) is 4.72 Å². The zero-order chi connectivity index (χ0) is 25.6. The molecule has 3 aromatic rings. The number of hydrogen-bond donors (Lipinski definition) is 1. The average molecular weight is 496 g/mol. The molecule has 1 unspecified atom stereocenters. The number of carbonyl (C=O) groups is 1. The number of ether oxygens (including phenoxy) is 2. The fourth-order valence-corrected chi connectivity index (χ4v) is 4.70. The van der Waals surface area contributed by atoms with Crippen LogP contribution in [-0.2, 0) is 26.2 Å². The van der Waals surface area contributed by atoms with Crippen molar-refractivity contribution < 1.29 is 22.7 Å². The van der Waals surface area contributed by atoms with Gasteiger partial charge in [0.2, 0.25) is 10.0 Å². The minimum atomic E-state index is -3.92. The Labute approximate surface area is 208 Å². The van der Waals surface area contributed by atoms with Gasteiger partial charge in [-0.15, -0.1) is 0 Å². The van der Waals surface area contributed by atoms with Gasteiger partial charge in [0.15, 0.2) is 0 Å². The Morgan fingerprint density at radius 2 is 1.40 bits per heavy atom. The van der Waals surface area contributed by atoms with E-state index in [0.29, 0.717) is 6.61 Å². The van der Waals surface area contributed by atoms with Crippen LogP contribution in [0, 0.1) is 5.92 Å². The lowest BCUT2D eigenvalue weighted by Gasteiger charge is -2.26. The van der Waals surface area contributed by atoms with Gasteiger partial charge in [-0.3, -0.25) is 4.79 Å². The Bertz CT molecular complexity index is 1210. The van der Waals surface area contributed by atoms with Crippen molar-refractivity contribution in [3.05, 3.63) is 84.4 Å². The van der Waals surface area contributed by atoms with E-state index in [-0.39, 0.29) is 10.8 Å². The van der Waals surface area contributed by atoms with E-state index < -0.39 is 27.6 Å². The average Bonchev–Trinajstić information content (AvgIpc) is 2.81. The predicted octanol–water partition coefficient (Wildman–Crippen LogP) is 5.58. The summed E-state index contributed by atoms with van der Waals surface area (Å²) in [7, 11) is -3.92. The van der Waals surface area contributed by atoms with Crippen molar-refractivity contribution in [3.8, 4) is 16.9 Å². The molecule has 0 saturated carbocycles. The molecule has 0 amide bonds. The number of sulfonamides is 1. The molecular weight excluding hydrogens is 462 g/mol. The van der Waals surface area contributed by atoms with E-state index in [1.165, 1.54) is 12.1 Å². The highest BCUT2D eigenvalue weighted by molar-refractivity contribution is 7.89. The number of hydrogen-bond acceptors (Lipinski definition) is 5. The van der Waals surface area contributed by atoms with Crippen LogP contribution in [0.4, 0.5) is 0 Å². The van der Waals surface area contributed by atoms with Crippen LogP contribution in [-0.4, -0.2) is 26.0 Å². The summed E-state index contributed by atoms with van der Waals surface area (Å²) in [5.41, 5.74) is 2.18. The maximum Gasteiger partial charge on any atom is 0.324 e. The second-order valence-electron chi connectivity index (χ2n) is 9.70. The number of rotatable bonds is 9. The quantitative estimate of drug-likeness (QED) is 0.392. The lowest BCUT2D eigenvalue weighted by atomic mass is 10.1. The van der Waals surface area contributed by atoms with E-state index in [1.54, 1.807) is 46.8 Å². The summed E-state index contributed by atoms with van der Waals surface area (Å²) >= 11 is 0. The zero-order valence-electron chi connectivity index (χ0n) is 20.8. The lowest BCUT2D eigenvalue weighted by molar-refractivity contribution is -0.158. The SMILES string of the molecule is CC(C)C(NS(=O)(=O)c1ccc(-c2ccc(OCc3ccccc3)cc2)cc1)C(=O)OC(C)(C)C. The molecule has 6 nitrogen and oxygen atoms in total. The predicted molar refractivity (Wildman–Crippen MR) is 137 cm³/mol. The Hall–Kier alpha value is -3.16. The molecule has 0 aliphatic heterocycles. The maximum absolute atomic E-state index is 13.0. The lowest BCUT2D eigenvalue weighted by Crippen LogP contribution is -2.47. The van der Waals surface area contributed by atoms with Crippen LogP contribution in [0.15, 0.2) is 83.8 Å². The largest absolute Gasteiger partial charge is 0.489 e. The van der Waals surface area contributed by atoms with Crippen LogP contribution >= 0.6 is 0 Å². The first-order valence-corrected chi connectivity index (χ1v) is 13.1. The minimum Gasteiger partial charge on any atom is -0.489 e. The number of benzene rings is 3. The molecule has 0 aliphatic rings. The summed E-state index contributed by atoms with van der Waals surface area (Å²) < 4.78 is 39.7.